The van der Waals surface area contributed by atoms with Crippen LogP contribution in [0.2, 0.25) is 0 Å². The molecule has 3 aromatic carbocycles. The minimum Gasteiger partial charge on any atom is -0.493 e. The van der Waals surface area contributed by atoms with Crippen LogP contribution in [0.4, 0.5) is 5.69 Å². The van der Waals surface area contributed by atoms with E-state index in [-0.39, 0.29) is 26.6 Å². The van der Waals surface area contributed by atoms with Crippen LogP contribution in [0.5, 0.6) is 23.0 Å². The summed E-state index contributed by atoms with van der Waals surface area (Å²) in [5.41, 5.74) is 4.10. The lowest BCUT2D eigenvalue weighted by Gasteiger charge is -2.11. The molecule has 218 valence electrons. The molecule has 13 heteroatoms. The molecule has 1 aliphatic heterocycles. The van der Waals surface area contributed by atoms with Gasteiger partial charge in [0, 0.05) is 11.3 Å². The van der Waals surface area contributed by atoms with Crippen molar-refractivity contribution in [2.24, 2.45) is 5.10 Å². The van der Waals surface area contributed by atoms with Crippen LogP contribution in [0.1, 0.15) is 33.2 Å². The van der Waals surface area contributed by atoms with Crippen LogP contribution >= 0.6 is 0 Å². The molecule has 42 heavy (non-hydrogen) atoms. The van der Waals surface area contributed by atoms with Crippen LogP contribution in [0.15, 0.2) is 65.8 Å². The van der Waals surface area contributed by atoms with Gasteiger partial charge in [0.05, 0.1) is 32.0 Å². The van der Waals surface area contributed by atoms with Gasteiger partial charge in [-0.3, -0.25) is 14.4 Å². The third-order valence-electron chi connectivity index (χ3n) is 5.67. The van der Waals surface area contributed by atoms with E-state index in [4.69, 9.17) is 23.7 Å². The van der Waals surface area contributed by atoms with Gasteiger partial charge >= 0.3 is 5.97 Å². The highest BCUT2D eigenvalue weighted by Crippen LogP contribution is 2.32. The number of nitrogens with one attached hydrogen (secondary N) is 3. The van der Waals surface area contributed by atoms with Crippen LogP contribution in [0.25, 0.3) is 0 Å². The van der Waals surface area contributed by atoms with Gasteiger partial charge in [0.2, 0.25) is 6.79 Å². The first kappa shape index (κ1) is 29.4. The predicted octanol–water partition coefficient (Wildman–Crippen LogP) is 2.50. The first-order chi connectivity index (χ1) is 20.4. The molecule has 3 N–H and O–H groups in total. The van der Waals surface area contributed by atoms with Crippen molar-refractivity contribution in [3.05, 3.63) is 77.4 Å². The molecular formula is C29H28N4O9. The third-order valence-corrected chi connectivity index (χ3v) is 5.67. The van der Waals surface area contributed by atoms with Gasteiger partial charge in [-0.1, -0.05) is 0 Å². The second-order valence-electron chi connectivity index (χ2n) is 8.59. The van der Waals surface area contributed by atoms with E-state index in [9.17, 15) is 19.2 Å². The zero-order chi connectivity index (χ0) is 29.9. The summed E-state index contributed by atoms with van der Waals surface area (Å²) in [4.78, 5) is 48.5. The summed E-state index contributed by atoms with van der Waals surface area (Å²) >= 11 is 0. The number of fused-ring (bicyclic) bond motifs is 1. The third kappa shape index (κ3) is 7.97. The van der Waals surface area contributed by atoms with Crippen LogP contribution in [-0.2, 0) is 14.3 Å². The van der Waals surface area contributed by atoms with E-state index in [0.29, 0.717) is 45.4 Å². The highest BCUT2D eigenvalue weighted by molar-refractivity contribution is 5.97. The number of nitrogens with zero attached hydrogens (tertiary/aromatic N) is 1. The molecule has 13 nitrogen and oxygen atoms in total. The van der Waals surface area contributed by atoms with Gasteiger partial charge in [0.1, 0.15) is 0 Å². The van der Waals surface area contributed by atoms with E-state index in [1.807, 2.05) is 0 Å². The molecule has 0 saturated carbocycles. The second kappa shape index (κ2) is 14.2. The SMILES string of the molecule is CCOC(=O)c1ccc(NC(=O)COc2ccc(C=NNC(=O)CNC(=O)c3ccc4c(c3)OCO4)cc2OC)cc1. The number of anilines is 1. The van der Waals surface area contributed by atoms with Gasteiger partial charge < -0.3 is 34.3 Å². The van der Waals surface area contributed by atoms with E-state index in [1.165, 1.54) is 19.4 Å². The summed E-state index contributed by atoms with van der Waals surface area (Å²) in [6.45, 7) is 1.50. The summed E-state index contributed by atoms with van der Waals surface area (Å²) in [5.74, 6) is -0.167. The number of methoxy groups -OCH3 is 1. The maximum Gasteiger partial charge on any atom is 0.338 e. The molecule has 1 heterocycles. The van der Waals surface area contributed by atoms with Gasteiger partial charge in [0.25, 0.3) is 17.7 Å². The number of carbonyl (C=O) groups is 4. The van der Waals surface area contributed by atoms with Gasteiger partial charge in [-0.05, 0) is 73.2 Å². The Hall–Kier alpha value is -5.59. The maximum absolute atomic E-state index is 12.3. The molecule has 0 unspecified atom stereocenters. The van der Waals surface area contributed by atoms with E-state index in [0.717, 1.165) is 0 Å². The molecule has 3 aromatic rings. The highest BCUT2D eigenvalue weighted by Gasteiger charge is 2.16. The average molecular weight is 577 g/mol. The number of benzene rings is 3. The summed E-state index contributed by atoms with van der Waals surface area (Å²) in [7, 11) is 1.44. The number of hydrazone groups is 1. The minimum absolute atomic E-state index is 0.0941. The van der Waals surface area contributed by atoms with E-state index >= 15 is 0 Å². The smallest absolute Gasteiger partial charge is 0.338 e. The Labute approximate surface area is 240 Å². The molecule has 4 rings (SSSR count). The molecule has 0 aliphatic carbocycles. The number of ether oxygens (including phenoxy) is 5. The number of hydrogen-bond donors (Lipinski definition) is 3. The lowest BCUT2D eigenvalue weighted by atomic mass is 10.2. The van der Waals surface area contributed by atoms with Crippen LogP contribution in [0.3, 0.4) is 0 Å². The van der Waals surface area contributed by atoms with Crippen molar-refractivity contribution < 1.29 is 42.9 Å². The molecule has 0 aromatic heterocycles. The number of hydrogen-bond acceptors (Lipinski definition) is 10. The first-order valence-corrected chi connectivity index (χ1v) is 12.7. The number of carbonyl (C=O) groups excluding carboxylic acids is 4. The standard InChI is InChI=1S/C29H28N4O9/c1-3-39-29(37)19-5-8-21(9-6-19)32-27(35)16-40-22-10-4-18(12-24(22)38-2)14-31-33-26(34)15-30-28(36)20-7-11-23-25(13-20)42-17-41-23/h4-14H,3,15-17H2,1-2H3,(H,30,36)(H,32,35)(H,33,34). The average Bonchev–Trinajstić information content (AvgIpc) is 3.48. The molecule has 0 atom stereocenters. The number of amides is 3. The second-order valence-corrected chi connectivity index (χ2v) is 8.59. The van der Waals surface area contributed by atoms with Gasteiger partial charge in [-0.15, -0.1) is 0 Å². The summed E-state index contributed by atoms with van der Waals surface area (Å²) < 4.78 is 26.3. The summed E-state index contributed by atoms with van der Waals surface area (Å²) in [6, 6.07) is 15.9. The fourth-order valence-corrected chi connectivity index (χ4v) is 3.65. The van der Waals surface area contributed by atoms with Crippen molar-refractivity contribution >= 4 is 35.6 Å². The molecule has 0 spiro atoms. The predicted molar refractivity (Wildman–Crippen MR) is 150 cm³/mol. The first-order valence-electron chi connectivity index (χ1n) is 12.7. The number of rotatable bonds is 12. The van der Waals surface area contributed by atoms with E-state index in [1.54, 1.807) is 61.5 Å². The molecule has 3 amide bonds. The van der Waals surface area contributed by atoms with Gasteiger partial charge in [-0.25, -0.2) is 10.2 Å². The van der Waals surface area contributed by atoms with E-state index in [2.05, 4.69) is 21.2 Å². The van der Waals surface area contributed by atoms with Crippen LogP contribution in [0, 0.1) is 0 Å². The topological polar surface area (TPSA) is 163 Å². The molecule has 0 fully saturated rings. The Morgan fingerprint density at radius 2 is 1.67 bits per heavy atom. The zero-order valence-corrected chi connectivity index (χ0v) is 22.8. The zero-order valence-electron chi connectivity index (χ0n) is 22.8. The van der Waals surface area contributed by atoms with Crippen molar-refractivity contribution in [1.82, 2.24) is 10.7 Å². The van der Waals surface area contributed by atoms with Crippen molar-refractivity contribution in [1.29, 1.82) is 0 Å². The number of esters is 1. The summed E-state index contributed by atoms with van der Waals surface area (Å²) in [5, 5.41) is 9.08. The normalized spacial score (nSPS) is 11.5. The monoisotopic (exact) mass is 576 g/mol. The maximum atomic E-state index is 12.3. The largest absolute Gasteiger partial charge is 0.493 e. The Morgan fingerprint density at radius 1 is 0.905 bits per heavy atom. The Morgan fingerprint density at radius 3 is 2.43 bits per heavy atom. The fraction of sp³-hybridized carbons (Fsp3) is 0.207. The Bertz CT molecular complexity index is 1490. The molecule has 0 saturated heterocycles. The quantitative estimate of drug-likeness (QED) is 0.167. The van der Waals surface area contributed by atoms with Crippen LogP contribution in [-0.4, -0.2) is 63.6 Å². The molecular weight excluding hydrogens is 548 g/mol. The fourth-order valence-electron chi connectivity index (χ4n) is 3.65. The van der Waals surface area contributed by atoms with Gasteiger partial charge in [0.15, 0.2) is 29.6 Å². The van der Waals surface area contributed by atoms with Gasteiger partial charge in [-0.2, -0.15) is 5.10 Å². The van der Waals surface area contributed by atoms with Crippen LogP contribution < -0.4 is 35.0 Å². The summed E-state index contributed by atoms with van der Waals surface area (Å²) in [6.07, 6.45) is 1.39. The molecule has 0 radical (unpaired) electrons. The Kier molecular flexibility index (Phi) is 9.91. The van der Waals surface area contributed by atoms with Crippen molar-refractivity contribution in [2.45, 2.75) is 6.92 Å². The molecule has 1 aliphatic rings. The van der Waals surface area contributed by atoms with Crippen molar-refractivity contribution in [3.8, 4) is 23.0 Å². The lowest BCUT2D eigenvalue weighted by molar-refractivity contribution is -0.120. The minimum atomic E-state index is -0.534. The highest BCUT2D eigenvalue weighted by atomic mass is 16.7. The van der Waals surface area contributed by atoms with E-state index < -0.39 is 23.7 Å². The lowest BCUT2D eigenvalue weighted by Crippen LogP contribution is -2.34. The van der Waals surface area contributed by atoms with Crippen molar-refractivity contribution in [2.75, 3.05) is 39.0 Å². The molecule has 0 bridgehead atoms. The Balaban J connectivity index is 1.22. The van der Waals surface area contributed by atoms with Crippen molar-refractivity contribution in [3.63, 3.8) is 0 Å².